The number of benzene rings is 1. The molecule has 3 rings (SSSR count). The Morgan fingerprint density at radius 3 is 2.78 bits per heavy atom. The number of fused-ring (bicyclic) bond motifs is 1. The van der Waals surface area contributed by atoms with Crippen molar-refractivity contribution in [1.82, 2.24) is 9.88 Å². The van der Waals surface area contributed by atoms with Crippen LogP contribution in [0, 0.1) is 0 Å². The third-order valence-corrected chi connectivity index (χ3v) is 4.02. The molecular weight excluding hydrogens is 222 g/mol. The second-order valence-corrected chi connectivity index (χ2v) is 5.23. The first kappa shape index (κ1) is 11.8. The quantitative estimate of drug-likeness (QED) is 0.865. The molecule has 18 heavy (non-hydrogen) atoms. The minimum atomic E-state index is 0.444. The summed E-state index contributed by atoms with van der Waals surface area (Å²) in [6.07, 6.45) is 4.81. The molecule has 1 aliphatic heterocycles. The van der Waals surface area contributed by atoms with Crippen molar-refractivity contribution in [3.8, 4) is 0 Å². The zero-order chi connectivity index (χ0) is 12.4. The molecule has 0 saturated carbocycles. The first-order chi connectivity index (χ1) is 8.88. The van der Waals surface area contributed by atoms with Crippen LogP contribution in [0.15, 0.2) is 30.5 Å². The van der Waals surface area contributed by atoms with Crippen LogP contribution >= 0.6 is 0 Å². The van der Waals surface area contributed by atoms with Crippen LogP contribution < -0.4 is 5.73 Å². The smallest absolute Gasteiger partial charge is 0.0456 e. The van der Waals surface area contributed by atoms with E-state index in [4.69, 9.17) is 5.73 Å². The lowest BCUT2D eigenvalue weighted by Gasteiger charge is -2.22. The van der Waals surface area contributed by atoms with Gasteiger partial charge >= 0.3 is 0 Å². The van der Waals surface area contributed by atoms with Gasteiger partial charge in [-0.15, -0.1) is 0 Å². The highest BCUT2D eigenvalue weighted by Gasteiger charge is 2.20. The molecule has 2 aromatic rings. The Morgan fingerprint density at radius 1 is 1.22 bits per heavy atom. The van der Waals surface area contributed by atoms with Crippen LogP contribution in [0.25, 0.3) is 10.9 Å². The van der Waals surface area contributed by atoms with Crippen LogP contribution in [0.3, 0.4) is 0 Å². The summed E-state index contributed by atoms with van der Waals surface area (Å²) in [4.78, 5) is 5.89. The van der Waals surface area contributed by atoms with Crippen molar-refractivity contribution < 1.29 is 0 Å². The minimum Gasteiger partial charge on any atom is -0.361 e. The normalized spacial score (nSPS) is 18.5. The maximum atomic E-state index is 5.99. The second-order valence-electron chi connectivity index (χ2n) is 5.23. The van der Waals surface area contributed by atoms with Crippen molar-refractivity contribution >= 4 is 10.9 Å². The fourth-order valence-corrected chi connectivity index (χ4v) is 3.01. The molecule has 3 N–H and O–H groups in total. The van der Waals surface area contributed by atoms with E-state index in [1.807, 2.05) is 0 Å². The number of aromatic amines is 1. The number of nitrogens with one attached hydrogen (secondary N) is 1. The summed E-state index contributed by atoms with van der Waals surface area (Å²) in [6, 6.07) is 8.49. The fraction of sp³-hybridized carbons (Fsp3) is 0.467. The molecule has 0 spiro atoms. The first-order valence-corrected chi connectivity index (χ1v) is 6.87. The molecule has 3 heteroatoms. The summed E-state index contributed by atoms with van der Waals surface area (Å²) in [5.74, 6) is 0.444. The molecule has 1 aliphatic rings. The Balaban J connectivity index is 1.86. The predicted molar refractivity (Wildman–Crippen MR) is 75.8 cm³/mol. The summed E-state index contributed by atoms with van der Waals surface area (Å²) in [7, 11) is 0. The van der Waals surface area contributed by atoms with E-state index in [2.05, 4.69) is 40.3 Å². The zero-order valence-corrected chi connectivity index (χ0v) is 10.7. The number of nitrogens with zero attached hydrogens (tertiary/aromatic N) is 1. The van der Waals surface area contributed by atoms with E-state index in [1.165, 1.54) is 42.4 Å². The lowest BCUT2D eigenvalue weighted by atomic mass is 9.98. The molecule has 1 aromatic heterocycles. The van der Waals surface area contributed by atoms with Crippen molar-refractivity contribution in [3.05, 3.63) is 36.0 Å². The van der Waals surface area contributed by atoms with Crippen molar-refractivity contribution in [1.29, 1.82) is 0 Å². The number of likely N-dealkylation sites (tertiary alicyclic amines) is 1. The van der Waals surface area contributed by atoms with Crippen LogP contribution in [0.2, 0.25) is 0 Å². The Labute approximate surface area is 108 Å². The van der Waals surface area contributed by atoms with Gasteiger partial charge in [-0.05, 0) is 37.6 Å². The molecule has 1 unspecified atom stereocenters. The molecule has 0 radical (unpaired) electrons. The lowest BCUT2D eigenvalue weighted by molar-refractivity contribution is 0.316. The van der Waals surface area contributed by atoms with Crippen molar-refractivity contribution in [2.75, 3.05) is 26.2 Å². The number of aromatic nitrogens is 1. The van der Waals surface area contributed by atoms with Gasteiger partial charge in [0.25, 0.3) is 0 Å². The Hall–Kier alpha value is -1.32. The van der Waals surface area contributed by atoms with E-state index >= 15 is 0 Å². The zero-order valence-electron chi connectivity index (χ0n) is 10.7. The van der Waals surface area contributed by atoms with Gasteiger partial charge in [-0.1, -0.05) is 18.2 Å². The maximum Gasteiger partial charge on any atom is 0.0456 e. The molecule has 96 valence electrons. The third-order valence-electron chi connectivity index (χ3n) is 4.02. The van der Waals surface area contributed by atoms with Gasteiger partial charge in [-0.25, -0.2) is 0 Å². The van der Waals surface area contributed by atoms with E-state index in [0.717, 1.165) is 13.1 Å². The van der Waals surface area contributed by atoms with E-state index < -0.39 is 0 Å². The Bertz CT molecular complexity index is 511. The molecule has 0 amide bonds. The molecule has 1 atom stereocenters. The topological polar surface area (TPSA) is 45.0 Å². The number of para-hydroxylation sites is 1. The summed E-state index contributed by atoms with van der Waals surface area (Å²) in [5, 5.41) is 1.33. The molecule has 1 fully saturated rings. The van der Waals surface area contributed by atoms with Crippen LogP contribution in [0.1, 0.15) is 24.3 Å². The highest BCUT2D eigenvalue weighted by Crippen LogP contribution is 2.26. The average molecular weight is 243 g/mol. The monoisotopic (exact) mass is 243 g/mol. The molecule has 3 nitrogen and oxygen atoms in total. The molecular formula is C15H21N3. The Morgan fingerprint density at radius 2 is 2.00 bits per heavy atom. The largest absolute Gasteiger partial charge is 0.361 e. The Kier molecular flexibility index (Phi) is 3.35. The molecule has 0 bridgehead atoms. The van der Waals surface area contributed by atoms with Crippen LogP contribution in [0.4, 0.5) is 0 Å². The van der Waals surface area contributed by atoms with Crippen LogP contribution in [0.5, 0.6) is 0 Å². The third kappa shape index (κ3) is 2.16. The molecule has 2 heterocycles. The number of hydrogen-bond donors (Lipinski definition) is 2. The molecule has 1 aromatic carbocycles. The maximum absolute atomic E-state index is 5.99. The van der Waals surface area contributed by atoms with Gasteiger partial charge in [0.15, 0.2) is 0 Å². The SMILES string of the molecule is NCC(CN1CCCC1)c1c[nH]c2ccccc12. The van der Waals surface area contributed by atoms with Gasteiger partial charge in [0, 0.05) is 36.1 Å². The van der Waals surface area contributed by atoms with Gasteiger partial charge < -0.3 is 15.6 Å². The second kappa shape index (κ2) is 5.12. The minimum absolute atomic E-state index is 0.444. The van der Waals surface area contributed by atoms with Gasteiger partial charge in [0.1, 0.15) is 0 Å². The van der Waals surface area contributed by atoms with E-state index in [0.29, 0.717) is 5.92 Å². The van der Waals surface area contributed by atoms with Gasteiger partial charge in [0.2, 0.25) is 0 Å². The number of rotatable bonds is 4. The average Bonchev–Trinajstić information content (AvgIpc) is 3.05. The fourth-order valence-electron chi connectivity index (χ4n) is 3.01. The highest BCUT2D eigenvalue weighted by molar-refractivity contribution is 5.83. The number of H-pyrrole nitrogens is 1. The van der Waals surface area contributed by atoms with Crippen molar-refractivity contribution in [2.45, 2.75) is 18.8 Å². The standard InChI is InChI=1S/C15H21N3/c16-9-12(11-18-7-3-4-8-18)14-10-17-15-6-2-1-5-13(14)15/h1-2,5-6,10,12,17H,3-4,7-9,11,16H2. The lowest BCUT2D eigenvalue weighted by Crippen LogP contribution is -2.29. The highest BCUT2D eigenvalue weighted by atomic mass is 15.1. The van der Waals surface area contributed by atoms with Crippen molar-refractivity contribution in [2.24, 2.45) is 5.73 Å². The van der Waals surface area contributed by atoms with Gasteiger partial charge in [-0.2, -0.15) is 0 Å². The van der Waals surface area contributed by atoms with Crippen LogP contribution in [-0.2, 0) is 0 Å². The van der Waals surface area contributed by atoms with E-state index in [-0.39, 0.29) is 0 Å². The summed E-state index contributed by atoms with van der Waals surface area (Å²) in [6.45, 7) is 4.29. The van der Waals surface area contributed by atoms with Gasteiger partial charge in [-0.3, -0.25) is 0 Å². The van der Waals surface area contributed by atoms with Gasteiger partial charge in [0.05, 0.1) is 0 Å². The molecule has 1 saturated heterocycles. The summed E-state index contributed by atoms with van der Waals surface area (Å²) < 4.78 is 0. The molecule has 0 aliphatic carbocycles. The predicted octanol–water partition coefficient (Wildman–Crippen LogP) is 2.31. The van der Waals surface area contributed by atoms with E-state index in [9.17, 15) is 0 Å². The van der Waals surface area contributed by atoms with Crippen LogP contribution in [-0.4, -0.2) is 36.1 Å². The summed E-state index contributed by atoms with van der Waals surface area (Å²) in [5.41, 5.74) is 8.58. The first-order valence-electron chi connectivity index (χ1n) is 6.87. The van der Waals surface area contributed by atoms with Crippen molar-refractivity contribution in [3.63, 3.8) is 0 Å². The van der Waals surface area contributed by atoms with E-state index in [1.54, 1.807) is 0 Å². The number of nitrogens with two attached hydrogens (primary N) is 1. The summed E-state index contributed by atoms with van der Waals surface area (Å²) >= 11 is 0. The number of hydrogen-bond acceptors (Lipinski definition) is 2.